The summed E-state index contributed by atoms with van der Waals surface area (Å²) in [5.41, 5.74) is 15.3. The molecular formula is C47H34N2. The number of hydrogen-bond donors (Lipinski definition) is 0. The average molecular weight is 627 g/mol. The molecule has 0 atom stereocenters. The molecule has 0 N–H and O–H groups in total. The maximum atomic E-state index is 5.13. The number of nitrogens with zero attached hydrogens (tertiary/aromatic N) is 2. The Morgan fingerprint density at radius 3 is 1.51 bits per heavy atom. The lowest BCUT2D eigenvalue weighted by molar-refractivity contribution is 0.660. The van der Waals surface area contributed by atoms with Crippen molar-refractivity contribution in [3.63, 3.8) is 0 Å². The molecule has 0 amide bonds. The second-order valence-electron chi connectivity index (χ2n) is 13.4. The molecule has 1 heterocycles. The lowest BCUT2D eigenvalue weighted by Gasteiger charge is -2.22. The lowest BCUT2D eigenvalue weighted by atomic mass is 9.81. The van der Waals surface area contributed by atoms with Gasteiger partial charge in [-0.15, -0.1) is 0 Å². The molecule has 1 aliphatic rings. The van der Waals surface area contributed by atoms with Crippen LogP contribution in [0, 0.1) is 0 Å². The molecule has 7 aromatic carbocycles. The van der Waals surface area contributed by atoms with Crippen LogP contribution in [0.25, 0.3) is 78.1 Å². The van der Waals surface area contributed by atoms with Crippen LogP contribution < -0.4 is 0 Å². The van der Waals surface area contributed by atoms with Crippen molar-refractivity contribution in [2.24, 2.45) is 0 Å². The molecule has 9 rings (SSSR count). The van der Waals surface area contributed by atoms with Crippen LogP contribution in [0.3, 0.4) is 0 Å². The number of rotatable bonds is 5. The molecule has 0 aliphatic heterocycles. The van der Waals surface area contributed by atoms with Crippen LogP contribution in [0.4, 0.5) is 0 Å². The monoisotopic (exact) mass is 626 g/mol. The molecule has 2 nitrogen and oxygen atoms in total. The summed E-state index contributed by atoms with van der Waals surface area (Å²) >= 11 is 0. The van der Waals surface area contributed by atoms with E-state index < -0.39 is 0 Å². The Kier molecular flexibility index (Phi) is 6.84. The van der Waals surface area contributed by atoms with E-state index in [2.05, 4.69) is 172 Å². The molecule has 0 fully saturated rings. The van der Waals surface area contributed by atoms with Crippen LogP contribution in [0.1, 0.15) is 25.0 Å². The second-order valence-corrected chi connectivity index (χ2v) is 13.4. The smallest absolute Gasteiger partial charge is 0.161 e. The Morgan fingerprint density at radius 2 is 0.837 bits per heavy atom. The molecule has 0 radical (unpaired) electrons. The Hall–Kier alpha value is -6.12. The van der Waals surface area contributed by atoms with Crippen LogP contribution in [0.5, 0.6) is 0 Å². The number of hydrogen-bond acceptors (Lipinski definition) is 2. The number of aromatic nitrogens is 2. The summed E-state index contributed by atoms with van der Waals surface area (Å²) in [6.07, 6.45) is 0. The fourth-order valence-corrected chi connectivity index (χ4v) is 7.55. The van der Waals surface area contributed by atoms with Crippen molar-refractivity contribution < 1.29 is 0 Å². The van der Waals surface area contributed by atoms with Crippen LogP contribution in [0.2, 0.25) is 0 Å². The summed E-state index contributed by atoms with van der Waals surface area (Å²) in [5, 5.41) is 2.31. The van der Waals surface area contributed by atoms with Crippen LogP contribution in [-0.4, -0.2) is 9.97 Å². The van der Waals surface area contributed by atoms with Crippen molar-refractivity contribution in [3.05, 3.63) is 181 Å². The number of fused-ring (bicyclic) bond motifs is 4. The SMILES string of the molecule is CC1(C)c2ccccc2-c2ccc(-c3ccc(-c4ccc(-c5nc(-c6ccccc6)cc(-c6ccccc6)n5)c5ccccc45)cc3)cc21. The first-order valence-electron chi connectivity index (χ1n) is 16.9. The highest BCUT2D eigenvalue weighted by molar-refractivity contribution is 6.04. The van der Waals surface area contributed by atoms with E-state index in [0.717, 1.165) is 39.3 Å². The van der Waals surface area contributed by atoms with Gasteiger partial charge in [-0.3, -0.25) is 0 Å². The van der Waals surface area contributed by atoms with Crippen molar-refractivity contribution in [3.8, 4) is 67.3 Å². The van der Waals surface area contributed by atoms with Crippen LogP contribution in [-0.2, 0) is 5.41 Å². The van der Waals surface area contributed by atoms with E-state index in [1.165, 1.54) is 49.9 Å². The van der Waals surface area contributed by atoms with Gasteiger partial charge in [0.2, 0.25) is 0 Å². The quantitative estimate of drug-likeness (QED) is 0.190. The zero-order valence-corrected chi connectivity index (χ0v) is 27.6. The van der Waals surface area contributed by atoms with E-state index in [4.69, 9.17) is 9.97 Å². The van der Waals surface area contributed by atoms with Crippen LogP contribution >= 0.6 is 0 Å². The van der Waals surface area contributed by atoms with Crippen molar-refractivity contribution in [1.29, 1.82) is 0 Å². The molecule has 0 saturated carbocycles. The van der Waals surface area contributed by atoms with Crippen molar-refractivity contribution in [2.45, 2.75) is 19.3 Å². The Morgan fingerprint density at radius 1 is 0.347 bits per heavy atom. The first kappa shape index (κ1) is 29.1. The predicted octanol–water partition coefficient (Wildman–Crippen LogP) is 12.3. The van der Waals surface area contributed by atoms with Gasteiger partial charge in [0.05, 0.1) is 11.4 Å². The third kappa shape index (κ3) is 4.96. The van der Waals surface area contributed by atoms with Gasteiger partial charge < -0.3 is 0 Å². The van der Waals surface area contributed by atoms with Gasteiger partial charge in [0, 0.05) is 22.1 Å². The summed E-state index contributed by atoms with van der Waals surface area (Å²) in [7, 11) is 0. The van der Waals surface area contributed by atoms with E-state index in [1.54, 1.807) is 0 Å². The molecular weight excluding hydrogens is 593 g/mol. The summed E-state index contributed by atoms with van der Waals surface area (Å²) < 4.78 is 0. The highest BCUT2D eigenvalue weighted by Crippen LogP contribution is 2.49. The minimum Gasteiger partial charge on any atom is -0.228 e. The first-order chi connectivity index (χ1) is 24.0. The average Bonchev–Trinajstić information content (AvgIpc) is 3.40. The van der Waals surface area contributed by atoms with E-state index in [9.17, 15) is 0 Å². The largest absolute Gasteiger partial charge is 0.228 e. The molecule has 0 bridgehead atoms. The highest BCUT2D eigenvalue weighted by atomic mass is 14.9. The van der Waals surface area contributed by atoms with Crippen molar-refractivity contribution in [1.82, 2.24) is 9.97 Å². The molecule has 232 valence electrons. The fourth-order valence-electron chi connectivity index (χ4n) is 7.55. The Balaban J connectivity index is 1.11. The zero-order valence-electron chi connectivity index (χ0n) is 27.6. The normalized spacial score (nSPS) is 12.9. The van der Waals surface area contributed by atoms with Gasteiger partial charge in [-0.1, -0.05) is 166 Å². The number of benzene rings is 7. The molecule has 8 aromatic rings. The zero-order chi connectivity index (χ0) is 33.0. The second kappa shape index (κ2) is 11.5. The van der Waals surface area contributed by atoms with Crippen LogP contribution in [0.15, 0.2) is 170 Å². The first-order valence-corrected chi connectivity index (χ1v) is 16.9. The van der Waals surface area contributed by atoms with Gasteiger partial charge in [-0.25, -0.2) is 9.97 Å². The van der Waals surface area contributed by atoms with E-state index in [0.29, 0.717) is 0 Å². The summed E-state index contributed by atoms with van der Waals surface area (Å²) in [5.74, 6) is 0.722. The molecule has 1 aromatic heterocycles. The maximum absolute atomic E-state index is 5.13. The van der Waals surface area contributed by atoms with Crippen molar-refractivity contribution in [2.75, 3.05) is 0 Å². The summed E-state index contributed by atoms with van der Waals surface area (Å²) in [6, 6.07) is 60.6. The molecule has 49 heavy (non-hydrogen) atoms. The molecule has 0 unspecified atom stereocenters. The lowest BCUT2D eigenvalue weighted by Crippen LogP contribution is -2.14. The van der Waals surface area contributed by atoms with Gasteiger partial charge in [0.15, 0.2) is 5.82 Å². The minimum absolute atomic E-state index is 0.0191. The van der Waals surface area contributed by atoms with E-state index >= 15 is 0 Å². The third-order valence-electron chi connectivity index (χ3n) is 10.1. The fraction of sp³-hybridized carbons (Fsp3) is 0.0638. The standard InChI is InChI=1S/C47H34N2/c1-47(2)42-20-12-11-19-39(42)40-26-25-35(29-43(40)47)31-21-23-32(24-22-31)36-27-28-41(38-18-10-9-17-37(36)38)46-48-44(33-13-5-3-6-14-33)30-45(49-46)34-15-7-4-8-16-34/h3-30H,1-2H3. The van der Waals surface area contributed by atoms with Crippen molar-refractivity contribution >= 4 is 10.8 Å². The molecule has 0 saturated heterocycles. The van der Waals surface area contributed by atoms with Gasteiger partial charge in [0.1, 0.15) is 0 Å². The highest BCUT2D eigenvalue weighted by Gasteiger charge is 2.35. The van der Waals surface area contributed by atoms with E-state index in [1.807, 2.05) is 12.1 Å². The van der Waals surface area contributed by atoms with Gasteiger partial charge >= 0.3 is 0 Å². The molecule has 0 spiro atoms. The predicted molar refractivity (Wildman–Crippen MR) is 204 cm³/mol. The third-order valence-corrected chi connectivity index (χ3v) is 10.1. The topological polar surface area (TPSA) is 25.8 Å². The molecule has 1 aliphatic carbocycles. The summed E-state index contributed by atoms with van der Waals surface area (Å²) in [6.45, 7) is 4.68. The molecule has 2 heteroatoms. The minimum atomic E-state index is -0.0191. The maximum Gasteiger partial charge on any atom is 0.161 e. The van der Waals surface area contributed by atoms with E-state index in [-0.39, 0.29) is 5.41 Å². The van der Waals surface area contributed by atoms with Gasteiger partial charge in [-0.05, 0) is 73.5 Å². The Bertz CT molecular complexity index is 2440. The van der Waals surface area contributed by atoms with Gasteiger partial charge in [0.25, 0.3) is 0 Å². The summed E-state index contributed by atoms with van der Waals surface area (Å²) in [4.78, 5) is 10.3. The Labute approximate surface area is 287 Å². The van der Waals surface area contributed by atoms with Gasteiger partial charge in [-0.2, -0.15) is 0 Å².